The predicted octanol–water partition coefficient (Wildman–Crippen LogP) is -0.0969. The largest absolute Gasteiger partial charge is 0.448 e. The van der Waals surface area contributed by atoms with Crippen LogP contribution in [0, 0.1) is 0 Å². The molecule has 0 atom stereocenters. The summed E-state index contributed by atoms with van der Waals surface area (Å²) < 4.78 is 4.92. The molecule has 0 saturated carbocycles. The first-order valence-corrected chi connectivity index (χ1v) is 6.98. The number of piperazine rings is 1. The van der Waals surface area contributed by atoms with Crippen LogP contribution in [0.3, 0.4) is 0 Å². The number of carbonyl (C=O) groups is 2. The third-order valence-corrected chi connectivity index (χ3v) is 3.18. The zero-order valence-electron chi connectivity index (χ0n) is 11.2. The lowest BCUT2D eigenvalue weighted by molar-refractivity contribution is 0.0566. The summed E-state index contributed by atoms with van der Waals surface area (Å²) >= 11 is 5.45. The molecule has 0 aliphatic carbocycles. The monoisotopic (exact) mass is 314 g/mol. The highest BCUT2D eigenvalue weighted by Gasteiger charge is 2.26. The summed E-state index contributed by atoms with van der Waals surface area (Å²) in [6.45, 7) is 1.71. The van der Waals surface area contributed by atoms with Gasteiger partial charge in [-0.2, -0.15) is 5.10 Å². The maximum Gasteiger partial charge on any atom is 0.409 e. The fraction of sp³-hybridized carbons (Fsp3) is 0.500. The molecule has 1 saturated heterocycles. The Balaban J connectivity index is 1.88. The van der Waals surface area contributed by atoms with Crippen LogP contribution in [-0.2, 0) is 4.74 Å². The van der Waals surface area contributed by atoms with Gasteiger partial charge in [-0.05, 0) is 6.07 Å². The maximum absolute atomic E-state index is 12.1. The van der Waals surface area contributed by atoms with Crippen molar-refractivity contribution >= 4 is 23.6 Å². The van der Waals surface area contributed by atoms with Crippen LogP contribution >= 0.6 is 11.6 Å². The van der Waals surface area contributed by atoms with Crippen LogP contribution in [0.2, 0.25) is 0 Å². The van der Waals surface area contributed by atoms with E-state index in [1.807, 2.05) is 0 Å². The molecule has 0 unspecified atom stereocenters. The van der Waals surface area contributed by atoms with Crippen molar-refractivity contribution in [2.75, 3.05) is 38.7 Å². The molecule has 1 aromatic rings. The number of H-pyrrole nitrogens is 1. The van der Waals surface area contributed by atoms with Gasteiger partial charge in [-0.15, -0.1) is 11.6 Å². The van der Waals surface area contributed by atoms with Crippen molar-refractivity contribution in [2.24, 2.45) is 0 Å². The number of nitrogens with zero attached hydrogens (tertiary/aromatic N) is 3. The van der Waals surface area contributed by atoms with Gasteiger partial charge in [-0.3, -0.25) is 9.59 Å². The fourth-order valence-electron chi connectivity index (χ4n) is 1.93. The van der Waals surface area contributed by atoms with Gasteiger partial charge in [0.15, 0.2) is 0 Å². The average molecular weight is 315 g/mol. The van der Waals surface area contributed by atoms with Gasteiger partial charge in [0.25, 0.3) is 11.5 Å². The number of aromatic amines is 1. The predicted molar refractivity (Wildman–Crippen MR) is 74.4 cm³/mol. The molecular formula is C12H15ClN4O4. The summed E-state index contributed by atoms with van der Waals surface area (Å²) in [6.07, 6.45) is -0.426. The second kappa shape index (κ2) is 7.07. The van der Waals surface area contributed by atoms with Crippen molar-refractivity contribution in [3.8, 4) is 0 Å². The minimum Gasteiger partial charge on any atom is -0.448 e. The molecule has 21 heavy (non-hydrogen) atoms. The molecule has 1 N–H and O–H groups in total. The van der Waals surface area contributed by atoms with E-state index in [9.17, 15) is 14.4 Å². The third kappa shape index (κ3) is 3.94. The van der Waals surface area contributed by atoms with E-state index in [4.69, 9.17) is 16.3 Å². The number of alkyl halides is 1. The topological polar surface area (TPSA) is 95.6 Å². The Morgan fingerprint density at radius 2 is 1.90 bits per heavy atom. The summed E-state index contributed by atoms with van der Waals surface area (Å²) in [5.74, 6) is -0.0257. The smallest absolute Gasteiger partial charge is 0.409 e. The Hall–Kier alpha value is -2.09. The van der Waals surface area contributed by atoms with Gasteiger partial charge < -0.3 is 14.5 Å². The Bertz CT molecular complexity index is 548. The minimum absolute atomic E-state index is 0.167. The Morgan fingerprint density at radius 3 is 2.48 bits per heavy atom. The van der Waals surface area contributed by atoms with Crippen LogP contribution < -0.4 is 5.56 Å². The molecule has 0 spiro atoms. The molecule has 0 bridgehead atoms. The molecule has 114 valence electrons. The first-order valence-electron chi connectivity index (χ1n) is 6.44. The molecule has 1 aromatic heterocycles. The lowest BCUT2D eigenvalue weighted by Gasteiger charge is -2.33. The zero-order valence-corrected chi connectivity index (χ0v) is 12.0. The van der Waals surface area contributed by atoms with E-state index in [0.29, 0.717) is 26.2 Å². The number of halogens is 1. The van der Waals surface area contributed by atoms with Crippen molar-refractivity contribution in [3.63, 3.8) is 0 Å². The molecule has 9 heteroatoms. The standard InChI is InChI=1S/C12H15ClN4O4/c13-3-8-21-12(20)17-6-4-16(5-7-17)11(19)9-1-2-10(18)15-14-9/h1-2H,3-8H2,(H,15,18). The van der Waals surface area contributed by atoms with Crippen LogP contribution in [0.15, 0.2) is 16.9 Å². The van der Waals surface area contributed by atoms with Crippen LogP contribution in [0.5, 0.6) is 0 Å². The van der Waals surface area contributed by atoms with E-state index in [1.165, 1.54) is 17.0 Å². The molecule has 1 aliphatic rings. The van der Waals surface area contributed by atoms with Gasteiger partial charge in [-0.1, -0.05) is 0 Å². The first-order chi connectivity index (χ1) is 10.1. The van der Waals surface area contributed by atoms with E-state index in [2.05, 4.69) is 10.2 Å². The Labute approximate surface area is 125 Å². The number of hydrogen-bond donors (Lipinski definition) is 1. The Morgan fingerprint density at radius 1 is 1.24 bits per heavy atom. The highest BCUT2D eigenvalue weighted by Crippen LogP contribution is 2.07. The van der Waals surface area contributed by atoms with E-state index >= 15 is 0 Å². The summed E-state index contributed by atoms with van der Waals surface area (Å²) in [4.78, 5) is 37.8. The molecule has 0 aromatic carbocycles. The van der Waals surface area contributed by atoms with Crippen LogP contribution in [0.4, 0.5) is 4.79 Å². The first kappa shape index (κ1) is 15.3. The highest BCUT2D eigenvalue weighted by molar-refractivity contribution is 6.18. The lowest BCUT2D eigenvalue weighted by Crippen LogP contribution is -2.51. The van der Waals surface area contributed by atoms with E-state index in [-0.39, 0.29) is 29.6 Å². The number of carbonyl (C=O) groups excluding carboxylic acids is 2. The summed E-state index contributed by atoms with van der Waals surface area (Å²) in [5.41, 5.74) is -0.189. The molecule has 2 heterocycles. The molecule has 0 radical (unpaired) electrons. The summed E-state index contributed by atoms with van der Waals surface area (Å²) in [5, 5.41) is 5.92. The second-order valence-corrected chi connectivity index (χ2v) is 4.77. The van der Waals surface area contributed by atoms with Crippen molar-refractivity contribution in [1.29, 1.82) is 0 Å². The van der Waals surface area contributed by atoms with Gasteiger partial charge in [-0.25, -0.2) is 9.89 Å². The van der Waals surface area contributed by atoms with Gasteiger partial charge >= 0.3 is 6.09 Å². The lowest BCUT2D eigenvalue weighted by atomic mass is 10.3. The normalized spacial score (nSPS) is 14.9. The maximum atomic E-state index is 12.1. The molecule has 1 aliphatic heterocycles. The SMILES string of the molecule is O=C(OCCCl)N1CCN(C(=O)c2ccc(=O)[nH]n2)CC1. The third-order valence-electron chi connectivity index (χ3n) is 3.03. The molecule has 2 amide bonds. The molecule has 1 fully saturated rings. The van der Waals surface area contributed by atoms with Crippen LogP contribution in [-0.4, -0.2) is 70.7 Å². The van der Waals surface area contributed by atoms with Gasteiger partial charge in [0.05, 0.1) is 5.88 Å². The van der Waals surface area contributed by atoms with Crippen LogP contribution in [0.1, 0.15) is 10.5 Å². The molecule has 2 rings (SSSR count). The van der Waals surface area contributed by atoms with Crippen molar-refractivity contribution in [2.45, 2.75) is 0 Å². The summed E-state index contributed by atoms with van der Waals surface area (Å²) in [7, 11) is 0. The fourth-order valence-corrected chi connectivity index (χ4v) is 2.01. The van der Waals surface area contributed by atoms with Gasteiger partial charge in [0, 0.05) is 32.2 Å². The Kier molecular flexibility index (Phi) is 5.15. The second-order valence-electron chi connectivity index (χ2n) is 4.39. The van der Waals surface area contributed by atoms with Crippen molar-refractivity contribution < 1.29 is 14.3 Å². The number of rotatable bonds is 3. The number of amides is 2. The van der Waals surface area contributed by atoms with E-state index in [1.54, 1.807) is 4.90 Å². The van der Waals surface area contributed by atoms with Gasteiger partial charge in [0.2, 0.25) is 0 Å². The quantitative estimate of drug-likeness (QED) is 0.786. The van der Waals surface area contributed by atoms with E-state index < -0.39 is 6.09 Å². The number of ether oxygens (including phenoxy) is 1. The number of hydrogen-bond acceptors (Lipinski definition) is 5. The molecule has 8 nitrogen and oxygen atoms in total. The molecular weight excluding hydrogens is 300 g/mol. The van der Waals surface area contributed by atoms with Crippen molar-refractivity contribution in [1.82, 2.24) is 20.0 Å². The van der Waals surface area contributed by atoms with Crippen molar-refractivity contribution in [3.05, 3.63) is 28.2 Å². The number of nitrogens with one attached hydrogen (secondary N) is 1. The van der Waals surface area contributed by atoms with Crippen LogP contribution in [0.25, 0.3) is 0 Å². The number of aromatic nitrogens is 2. The average Bonchev–Trinajstić information content (AvgIpc) is 2.53. The minimum atomic E-state index is -0.426. The van der Waals surface area contributed by atoms with Gasteiger partial charge in [0.1, 0.15) is 12.3 Å². The highest BCUT2D eigenvalue weighted by atomic mass is 35.5. The summed E-state index contributed by atoms with van der Waals surface area (Å²) in [6, 6.07) is 2.63. The van der Waals surface area contributed by atoms with E-state index in [0.717, 1.165) is 0 Å². The zero-order chi connectivity index (χ0) is 15.2.